The lowest BCUT2D eigenvalue weighted by Gasteiger charge is -2.07. The van der Waals surface area contributed by atoms with Crippen molar-refractivity contribution in [1.29, 1.82) is 0 Å². The number of amides is 2. The van der Waals surface area contributed by atoms with E-state index < -0.39 is 0 Å². The summed E-state index contributed by atoms with van der Waals surface area (Å²) in [6, 6.07) is 16.2. The van der Waals surface area contributed by atoms with Gasteiger partial charge in [0.25, 0.3) is 5.91 Å². The smallest absolute Gasteiger partial charge is 0.269 e. The molecule has 2 amide bonds. The molecule has 0 spiro atoms. The Morgan fingerprint density at radius 3 is 2.36 bits per heavy atom. The number of hydrazine groups is 1. The van der Waals surface area contributed by atoms with Gasteiger partial charge < -0.3 is 0 Å². The minimum absolute atomic E-state index is 0.246. The second kappa shape index (κ2) is 8.46. The highest BCUT2D eigenvalue weighted by molar-refractivity contribution is 7.99. The number of hydrogen-bond acceptors (Lipinski definition) is 3. The van der Waals surface area contributed by atoms with Crippen molar-refractivity contribution >= 4 is 35.2 Å². The molecule has 22 heavy (non-hydrogen) atoms. The van der Waals surface area contributed by atoms with Gasteiger partial charge in [-0.05, 0) is 24.3 Å². The van der Waals surface area contributed by atoms with Gasteiger partial charge in [-0.3, -0.25) is 20.4 Å². The van der Waals surface area contributed by atoms with Crippen LogP contribution in [-0.4, -0.2) is 17.6 Å². The Labute approximate surface area is 138 Å². The molecule has 0 aliphatic rings. The number of benzene rings is 2. The third-order valence-corrected chi connectivity index (χ3v) is 4.29. The van der Waals surface area contributed by atoms with E-state index in [0.717, 1.165) is 4.90 Å². The normalized spacial score (nSPS) is 10.0. The van der Waals surface area contributed by atoms with Crippen LogP contribution in [0, 0.1) is 0 Å². The zero-order chi connectivity index (χ0) is 15.8. The number of halogens is 1. The molecule has 2 aromatic carbocycles. The number of rotatable bonds is 5. The summed E-state index contributed by atoms with van der Waals surface area (Å²) in [5.74, 6) is -0.00640. The van der Waals surface area contributed by atoms with Gasteiger partial charge in [-0.2, -0.15) is 0 Å². The highest BCUT2D eigenvalue weighted by Crippen LogP contribution is 2.26. The van der Waals surface area contributed by atoms with Gasteiger partial charge in [0, 0.05) is 22.6 Å². The molecule has 0 aliphatic heterocycles. The maximum atomic E-state index is 11.7. The molecule has 0 fully saturated rings. The number of thioether (sulfide) groups is 1. The van der Waals surface area contributed by atoms with Crippen molar-refractivity contribution in [2.45, 2.75) is 11.3 Å². The predicted molar refractivity (Wildman–Crippen MR) is 88.8 cm³/mol. The van der Waals surface area contributed by atoms with Crippen LogP contribution in [0.1, 0.15) is 16.8 Å². The van der Waals surface area contributed by atoms with Crippen molar-refractivity contribution in [3.63, 3.8) is 0 Å². The van der Waals surface area contributed by atoms with E-state index in [2.05, 4.69) is 10.9 Å². The average Bonchev–Trinajstić information content (AvgIpc) is 2.55. The fraction of sp³-hybridized carbons (Fsp3) is 0.125. The van der Waals surface area contributed by atoms with E-state index in [9.17, 15) is 9.59 Å². The Balaban J connectivity index is 1.70. The van der Waals surface area contributed by atoms with Gasteiger partial charge in [0.1, 0.15) is 0 Å². The molecule has 0 atom stereocenters. The molecule has 2 N–H and O–H groups in total. The summed E-state index contributed by atoms with van der Waals surface area (Å²) in [5.41, 5.74) is 5.28. The Kier molecular flexibility index (Phi) is 6.30. The summed E-state index contributed by atoms with van der Waals surface area (Å²) < 4.78 is 0. The maximum absolute atomic E-state index is 11.7. The van der Waals surface area contributed by atoms with E-state index >= 15 is 0 Å². The molecule has 0 heterocycles. The minimum Gasteiger partial charge on any atom is -0.273 e. The Bertz CT molecular complexity index is 650. The van der Waals surface area contributed by atoms with Crippen molar-refractivity contribution in [1.82, 2.24) is 10.9 Å². The van der Waals surface area contributed by atoms with Crippen LogP contribution in [0.4, 0.5) is 0 Å². The first-order valence-corrected chi connectivity index (χ1v) is 8.05. The van der Waals surface area contributed by atoms with Crippen molar-refractivity contribution in [3.05, 3.63) is 65.2 Å². The molecule has 4 nitrogen and oxygen atoms in total. The number of carbonyl (C=O) groups excluding carboxylic acids is 2. The van der Waals surface area contributed by atoms with Crippen LogP contribution in [0.2, 0.25) is 5.02 Å². The second-order valence-electron chi connectivity index (χ2n) is 4.40. The van der Waals surface area contributed by atoms with Gasteiger partial charge >= 0.3 is 0 Å². The summed E-state index contributed by atoms with van der Waals surface area (Å²) in [7, 11) is 0. The van der Waals surface area contributed by atoms with E-state index in [-0.39, 0.29) is 18.2 Å². The topological polar surface area (TPSA) is 58.2 Å². The monoisotopic (exact) mass is 334 g/mol. The van der Waals surface area contributed by atoms with Gasteiger partial charge in [-0.15, -0.1) is 11.8 Å². The van der Waals surface area contributed by atoms with Crippen molar-refractivity contribution < 1.29 is 9.59 Å². The second-order valence-corrected chi connectivity index (χ2v) is 5.94. The van der Waals surface area contributed by atoms with E-state index in [1.807, 2.05) is 30.3 Å². The lowest BCUT2D eigenvalue weighted by molar-refractivity contribution is -0.121. The molecule has 0 bridgehead atoms. The Hall–Kier alpha value is -1.98. The largest absolute Gasteiger partial charge is 0.273 e. The number of carbonyl (C=O) groups is 2. The molecular weight excluding hydrogens is 320 g/mol. The quantitative estimate of drug-likeness (QED) is 0.651. The van der Waals surface area contributed by atoms with Gasteiger partial charge in [0.05, 0.1) is 5.02 Å². The van der Waals surface area contributed by atoms with Crippen molar-refractivity contribution in [3.8, 4) is 0 Å². The predicted octanol–water partition coefficient (Wildman–Crippen LogP) is 3.28. The highest BCUT2D eigenvalue weighted by atomic mass is 35.5. The zero-order valence-corrected chi connectivity index (χ0v) is 13.3. The first kappa shape index (κ1) is 16.4. The molecule has 0 aromatic heterocycles. The molecule has 114 valence electrons. The first-order valence-electron chi connectivity index (χ1n) is 6.68. The summed E-state index contributed by atoms with van der Waals surface area (Å²) in [4.78, 5) is 24.4. The van der Waals surface area contributed by atoms with Crippen LogP contribution in [0.5, 0.6) is 0 Å². The van der Waals surface area contributed by atoms with Crippen LogP contribution in [-0.2, 0) is 4.79 Å². The third-order valence-electron chi connectivity index (χ3n) is 2.77. The Morgan fingerprint density at radius 1 is 0.955 bits per heavy atom. The summed E-state index contributed by atoms with van der Waals surface area (Å²) >= 11 is 7.53. The van der Waals surface area contributed by atoms with Gasteiger partial charge in [0.15, 0.2) is 0 Å². The number of hydrogen-bond donors (Lipinski definition) is 2. The zero-order valence-electron chi connectivity index (χ0n) is 11.7. The van der Waals surface area contributed by atoms with E-state index in [1.165, 1.54) is 11.8 Å². The fourth-order valence-electron chi connectivity index (χ4n) is 1.67. The van der Waals surface area contributed by atoms with E-state index in [1.54, 1.807) is 24.3 Å². The lowest BCUT2D eigenvalue weighted by atomic mass is 10.2. The fourth-order valence-corrected chi connectivity index (χ4v) is 2.85. The molecule has 0 aliphatic carbocycles. The summed E-state index contributed by atoms with van der Waals surface area (Å²) in [6.07, 6.45) is 0.283. The van der Waals surface area contributed by atoms with Crippen LogP contribution in [0.15, 0.2) is 59.5 Å². The van der Waals surface area contributed by atoms with Crippen LogP contribution < -0.4 is 10.9 Å². The molecule has 6 heteroatoms. The first-order chi connectivity index (χ1) is 10.7. The van der Waals surface area contributed by atoms with Gasteiger partial charge in [-0.25, -0.2) is 0 Å². The van der Waals surface area contributed by atoms with E-state index in [0.29, 0.717) is 16.3 Å². The summed E-state index contributed by atoms with van der Waals surface area (Å²) in [6.45, 7) is 0. The van der Waals surface area contributed by atoms with Crippen LogP contribution >= 0.6 is 23.4 Å². The standard InChI is InChI=1S/C16H15ClN2O2S/c17-13-8-4-5-9-14(13)22-11-10-15(20)18-19-16(21)12-6-2-1-3-7-12/h1-9H,10-11H2,(H,18,20)(H,19,21). The van der Waals surface area contributed by atoms with Crippen molar-refractivity contribution in [2.75, 3.05) is 5.75 Å². The molecule has 0 saturated heterocycles. The molecule has 0 unspecified atom stereocenters. The van der Waals surface area contributed by atoms with Gasteiger partial charge in [-0.1, -0.05) is 41.9 Å². The molecule has 0 radical (unpaired) electrons. The molecule has 2 rings (SSSR count). The van der Waals surface area contributed by atoms with Crippen molar-refractivity contribution in [2.24, 2.45) is 0 Å². The van der Waals surface area contributed by atoms with Gasteiger partial charge in [0.2, 0.25) is 5.91 Å². The third kappa shape index (κ3) is 5.09. The van der Waals surface area contributed by atoms with Crippen LogP contribution in [0.25, 0.3) is 0 Å². The average molecular weight is 335 g/mol. The van der Waals surface area contributed by atoms with E-state index in [4.69, 9.17) is 11.6 Å². The Morgan fingerprint density at radius 2 is 1.64 bits per heavy atom. The van der Waals surface area contributed by atoms with Crippen LogP contribution in [0.3, 0.4) is 0 Å². The highest BCUT2D eigenvalue weighted by Gasteiger charge is 2.07. The minimum atomic E-state index is -0.340. The lowest BCUT2D eigenvalue weighted by Crippen LogP contribution is -2.41. The maximum Gasteiger partial charge on any atom is 0.269 e. The molecule has 2 aromatic rings. The summed E-state index contributed by atoms with van der Waals surface area (Å²) in [5, 5.41) is 0.672. The number of nitrogens with one attached hydrogen (secondary N) is 2. The molecular formula is C16H15ClN2O2S. The SMILES string of the molecule is O=C(CCSc1ccccc1Cl)NNC(=O)c1ccccc1. The molecule has 0 saturated carbocycles.